The molecule has 0 aromatic carbocycles. The number of allylic oxidation sites excluding steroid dienone is 2. The van der Waals surface area contributed by atoms with Crippen LogP contribution < -0.4 is 0 Å². The van der Waals surface area contributed by atoms with Crippen LogP contribution in [0.15, 0.2) is 12.2 Å². The quantitative estimate of drug-likeness (QED) is 0.755. The maximum atomic E-state index is 12.5. The fourth-order valence-corrected chi connectivity index (χ4v) is 3.68. The number of aliphatic carboxylic acids is 1. The van der Waals surface area contributed by atoms with Crippen LogP contribution in [0.2, 0.25) is 0 Å². The van der Waals surface area contributed by atoms with Gasteiger partial charge < -0.3 is 10.0 Å². The molecular formula is C14H19NO3. The highest BCUT2D eigenvalue weighted by molar-refractivity contribution is 5.81. The number of piperidine rings is 1. The second-order valence-electron chi connectivity index (χ2n) is 5.85. The van der Waals surface area contributed by atoms with Crippen LogP contribution in [0.3, 0.4) is 0 Å². The van der Waals surface area contributed by atoms with Gasteiger partial charge >= 0.3 is 5.97 Å². The van der Waals surface area contributed by atoms with Gasteiger partial charge in [-0.1, -0.05) is 12.2 Å². The van der Waals surface area contributed by atoms with E-state index in [1.807, 2.05) is 0 Å². The fourth-order valence-electron chi connectivity index (χ4n) is 3.68. The molecule has 1 aliphatic heterocycles. The van der Waals surface area contributed by atoms with Crippen LogP contribution in [-0.2, 0) is 9.59 Å². The number of hydrogen-bond acceptors (Lipinski definition) is 2. The van der Waals surface area contributed by atoms with Crippen LogP contribution >= 0.6 is 0 Å². The highest BCUT2D eigenvalue weighted by atomic mass is 16.4. The van der Waals surface area contributed by atoms with Crippen molar-refractivity contribution in [2.45, 2.75) is 25.7 Å². The fraction of sp³-hybridized carbons (Fsp3) is 0.714. The lowest BCUT2D eigenvalue weighted by Gasteiger charge is -2.33. The molecule has 4 atom stereocenters. The van der Waals surface area contributed by atoms with Gasteiger partial charge in [-0.25, -0.2) is 0 Å². The molecule has 3 aliphatic rings. The Morgan fingerprint density at radius 1 is 1.22 bits per heavy atom. The predicted molar refractivity (Wildman–Crippen MR) is 65.8 cm³/mol. The largest absolute Gasteiger partial charge is 0.481 e. The minimum Gasteiger partial charge on any atom is -0.481 e. The first-order valence-electron chi connectivity index (χ1n) is 6.85. The summed E-state index contributed by atoms with van der Waals surface area (Å²) in [5.41, 5.74) is 0. The van der Waals surface area contributed by atoms with E-state index in [-0.39, 0.29) is 17.7 Å². The van der Waals surface area contributed by atoms with Gasteiger partial charge in [0.15, 0.2) is 0 Å². The van der Waals surface area contributed by atoms with Crippen molar-refractivity contribution in [3.63, 3.8) is 0 Å². The third kappa shape index (κ3) is 1.93. The zero-order chi connectivity index (χ0) is 12.7. The number of carbonyl (C=O) groups excluding carboxylic acids is 1. The van der Waals surface area contributed by atoms with Gasteiger partial charge in [0, 0.05) is 19.0 Å². The summed E-state index contributed by atoms with van der Waals surface area (Å²) in [4.78, 5) is 25.3. The topological polar surface area (TPSA) is 57.6 Å². The third-order valence-corrected chi connectivity index (χ3v) is 4.68. The van der Waals surface area contributed by atoms with E-state index in [9.17, 15) is 9.59 Å². The minimum absolute atomic E-state index is 0.118. The number of carboxylic acid groups (broad SMARTS) is 1. The van der Waals surface area contributed by atoms with E-state index in [2.05, 4.69) is 12.2 Å². The average Bonchev–Trinajstić information content (AvgIpc) is 3.00. The van der Waals surface area contributed by atoms with Crippen LogP contribution in [0.1, 0.15) is 25.7 Å². The maximum absolute atomic E-state index is 12.5. The second kappa shape index (κ2) is 4.41. The molecule has 1 heterocycles. The van der Waals surface area contributed by atoms with Crippen LogP contribution in [-0.4, -0.2) is 35.0 Å². The van der Waals surface area contributed by atoms with Crippen molar-refractivity contribution in [3.8, 4) is 0 Å². The van der Waals surface area contributed by atoms with Gasteiger partial charge in [-0.3, -0.25) is 9.59 Å². The number of rotatable bonds is 2. The number of carboxylic acids is 1. The molecule has 98 valence electrons. The third-order valence-electron chi connectivity index (χ3n) is 4.68. The van der Waals surface area contributed by atoms with Gasteiger partial charge in [0.2, 0.25) is 5.91 Å². The van der Waals surface area contributed by atoms with Gasteiger partial charge in [-0.2, -0.15) is 0 Å². The summed E-state index contributed by atoms with van der Waals surface area (Å²) in [5.74, 6) is 0.180. The Kier molecular flexibility index (Phi) is 2.88. The van der Waals surface area contributed by atoms with Crippen molar-refractivity contribution >= 4 is 11.9 Å². The zero-order valence-corrected chi connectivity index (χ0v) is 10.4. The molecule has 2 aliphatic carbocycles. The average molecular weight is 249 g/mol. The first-order chi connectivity index (χ1) is 8.65. The van der Waals surface area contributed by atoms with Crippen LogP contribution in [0.4, 0.5) is 0 Å². The number of likely N-dealkylation sites (tertiary alicyclic amines) is 1. The summed E-state index contributed by atoms with van der Waals surface area (Å²) in [7, 11) is 0. The van der Waals surface area contributed by atoms with Gasteiger partial charge in [0.1, 0.15) is 0 Å². The van der Waals surface area contributed by atoms with Crippen molar-refractivity contribution in [1.82, 2.24) is 4.90 Å². The summed E-state index contributed by atoms with van der Waals surface area (Å²) in [5, 5.41) is 9.06. The van der Waals surface area contributed by atoms with E-state index in [4.69, 9.17) is 5.11 Å². The summed E-state index contributed by atoms with van der Waals surface area (Å²) in [6, 6.07) is 0. The summed E-state index contributed by atoms with van der Waals surface area (Å²) in [6.45, 7) is 1.14. The molecule has 1 amide bonds. The molecule has 1 saturated carbocycles. The van der Waals surface area contributed by atoms with Gasteiger partial charge in [0.25, 0.3) is 0 Å². The zero-order valence-electron chi connectivity index (χ0n) is 10.4. The normalized spacial score (nSPS) is 38.1. The smallest absolute Gasteiger partial charge is 0.308 e. The Morgan fingerprint density at radius 2 is 2.06 bits per heavy atom. The SMILES string of the molecule is O=C(O)[C@H]1CCCN(C(=O)C2CC3C=CC2C3)C1. The van der Waals surface area contributed by atoms with Crippen LogP contribution in [0.25, 0.3) is 0 Å². The Balaban J connectivity index is 1.66. The van der Waals surface area contributed by atoms with Crippen molar-refractivity contribution in [3.05, 3.63) is 12.2 Å². The second-order valence-corrected chi connectivity index (χ2v) is 5.85. The Morgan fingerprint density at radius 3 is 2.67 bits per heavy atom. The molecule has 18 heavy (non-hydrogen) atoms. The minimum atomic E-state index is -0.764. The molecule has 2 fully saturated rings. The molecule has 0 spiro atoms. The summed E-state index contributed by atoms with van der Waals surface area (Å²) in [6.07, 6.45) is 8.01. The Bertz CT molecular complexity index is 404. The lowest BCUT2D eigenvalue weighted by atomic mass is 9.90. The van der Waals surface area contributed by atoms with Crippen molar-refractivity contribution in [1.29, 1.82) is 0 Å². The lowest BCUT2D eigenvalue weighted by molar-refractivity contribution is -0.147. The monoisotopic (exact) mass is 249 g/mol. The molecule has 1 N–H and O–H groups in total. The molecule has 4 heteroatoms. The van der Waals surface area contributed by atoms with E-state index in [0.717, 1.165) is 25.8 Å². The number of nitrogens with zero attached hydrogens (tertiary/aromatic N) is 1. The predicted octanol–water partition coefficient (Wildman–Crippen LogP) is 1.52. The lowest BCUT2D eigenvalue weighted by Crippen LogP contribution is -2.45. The highest BCUT2D eigenvalue weighted by Crippen LogP contribution is 2.44. The Hall–Kier alpha value is -1.32. The van der Waals surface area contributed by atoms with E-state index >= 15 is 0 Å². The Labute approximate surface area is 107 Å². The number of amides is 1. The highest BCUT2D eigenvalue weighted by Gasteiger charge is 2.42. The van der Waals surface area contributed by atoms with Gasteiger partial charge in [-0.05, 0) is 37.5 Å². The van der Waals surface area contributed by atoms with Crippen molar-refractivity contribution in [2.24, 2.45) is 23.7 Å². The van der Waals surface area contributed by atoms with Gasteiger partial charge in [-0.15, -0.1) is 0 Å². The van der Waals surface area contributed by atoms with E-state index in [1.165, 1.54) is 0 Å². The molecule has 4 nitrogen and oxygen atoms in total. The molecular weight excluding hydrogens is 230 g/mol. The van der Waals surface area contributed by atoms with Crippen LogP contribution in [0.5, 0.6) is 0 Å². The molecule has 1 saturated heterocycles. The standard InChI is InChI=1S/C14H19NO3/c16-13(12-7-9-3-4-10(12)6-9)15-5-1-2-11(8-15)14(17)18/h3-4,9-12H,1-2,5-8H2,(H,17,18)/t9?,10?,11-,12?/m0/s1. The van der Waals surface area contributed by atoms with Gasteiger partial charge in [0.05, 0.1) is 5.92 Å². The molecule has 0 aromatic rings. The maximum Gasteiger partial charge on any atom is 0.308 e. The first kappa shape index (κ1) is 11.8. The van der Waals surface area contributed by atoms with E-state index in [1.54, 1.807) is 4.90 Å². The van der Waals surface area contributed by atoms with E-state index < -0.39 is 5.97 Å². The first-order valence-corrected chi connectivity index (χ1v) is 6.85. The summed E-state index contributed by atoms with van der Waals surface area (Å²) >= 11 is 0. The molecule has 2 bridgehead atoms. The molecule has 3 unspecified atom stereocenters. The van der Waals surface area contributed by atoms with E-state index in [0.29, 0.717) is 24.8 Å². The van der Waals surface area contributed by atoms with Crippen molar-refractivity contribution < 1.29 is 14.7 Å². The molecule has 3 rings (SSSR count). The van der Waals surface area contributed by atoms with Crippen molar-refractivity contribution in [2.75, 3.05) is 13.1 Å². The number of fused-ring (bicyclic) bond motifs is 2. The van der Waals surface area contributed by atoms with Crippen LogP contribution in [0, 0.1) is 23.7 Å². The summed E-state index contributed by atoms with van der Waals surface area (Å²) < 4.78 is 0. The number of hydrogen-bond donors (Lipinski definition) is 1. The number of carbonyl (C=O) groups is 2. The molecule has 0 aromatic heterocycles. The molecule has 0 radical (unpaired) electrons.